The van der Waals surface area contributed by atoms with E-state index in [2.05, 4.69) is 0 Å². The number of furan rings is 1. The number of hydrogen-bond acceptors (Lipinski definition) is 1. The highest BCUT2D eigenvalue weighted by atomic mass is 16.3. The fourth-order valence-electron chi connectivity index (χ4n) is 6.57. The Morgan fingerprint density at radius 3 is 1.41 bits per heavy atom. The summed E-state index contributed by atoms with van der Waals surface area (Å²) in [5.74, 6) is 0. The lowest BCUT2D eigenvalue weighted by molar-refractivity contribution is 0.669. The lowest BCUT2D eigenvalue weighted by Crippen LogP contribution is -1.94. The molecule has 0 radical (unpaired) electrons. The van der Waals surface area contributed by atoms with Crippen LogP contribution in [0, 0.1) is 0 Å². The Labute approximate surface area is 336 Å². The third kappa shape index (κ3) is 4.16. The molecule has 0 fully saturated rings. The minimum absolute atomic E-state index is 0.533. The molecular weight excluding hydrogens is 617 g/mol. The highest BCUT2D eigenvalue weighted by Crippen LogP contribution is 2.50. The van der Waals surface area contributed by atoms with Crippen LogP contribution in [-0.4, -0.2) is 0 Å². The molecular formula is C50H30O. The van der Waals surface area contributed by atoms with Crippen molar-refractivity contribution < 1.29 is 45.5 Å². The zero-order chi connectivity index (χ0) is 59.6. The molecule has 11 aromatic rings. The summed E-state index contributed by atoms with van der Waals surface area (Å²) < 4.78 is 282. The molecule has 1 aromatic heterocycles. The van der Waals surface area contributed by atoms with E-state index in [1.54, 1.807) is 0 Å². The first-order valence-corrected chi connectivity index (χ1v) is 15.2. The summed E-state index contributed by atoms with van der Waals surface area (Å²) in [5, 5.41) is -8.67. The Hall–Kier alpha value is -6.70. The predicted molar refractivity (Wildman–Crippen MR) is 218 cm³/mol. The van der Waals surface area contributed by atoms with E-state index in [1.807, 2.05) is 0 Å². The van der Waals surface area contributed by atoms with Crippen LogP contribution in [0.4, 0.5) is 0 Å². The van der Waals surface area contributed by atoms with Gasteiger partial charge in [0.2, 0.25) is 0 Å². The van der Waals surface area contributed by atoms with Crippen molar-refractivity contribution >= 4 is 75.8 Å². The normalized spacial score (nSPS) is 20.2. The molecule has 0 spiro atoms. The van der Waals surface area contributed by atoms with E-state index < -0.39 is 290 Å². The van der Waals surface area contributed by atoms with Crippen LogP contribution in [0.25, 0.3) is 109 Å². The maximum Gasteiger partial charge on any atom is 0.136 e. The van der Waals surface area contributed by atoms with Gasteiger partial charge in [-0.05, 0) is 111 Å². The van der Waals surface area contributed by atoms with Gasteiger partial charge in [0.25, 0.3) is 0 Å². The molecule has 1 heterocycles. The second kappa shape index (κ2) is 10.9. The average Bonchev–Trinajstić information content (AvgIpc) is 3.27. The minimum Gasteiger partial charge on any atom is -0.456 e. The van der Waals surface area contributed by atoms with Crippen molar-refractivity contribution in [1.29, 1.82) is 0 Å². The summed E-state index contributed by atoms with van der Waals surface area (Å²) >= 11 is 0. The molecule has 0 atom stereocenters. The molecule has 0 saturated heterocycles. The van der Waals surface area contributed by atoms with E-state index in [0.29, 0.717) is 0 Å². The molecule has 0 aliphatic heterocycles. The van der Waals surface area contributed by atoms with Crippen LogP contribution >= 0.6 is 0 Å². The Morgan fingerprint density at radius 1 is 0.294 bits per heavy atom. The van der Waals surface area contributed by atoms with Gasteiger partial charge in [0.1, 0.15) is 11.2 Å². The summed E-state index contributed by atoms with van der Waals surface area (Å²) in [4.78, 5) is 0. The second-order valence-corrected chi connectivity index (χ2v) is 11.3. The van der Waals surface area contributed by atoms with Gasteiger partial charge in [-0.15, -0.1) is 0 Å². The molecule has 51 heavy (non-hydrogen) atoms. The highest BCUT2D eigenvalue weighted by molar-refractivity contribution is 6.27. The Bertz CT molecular complexity index is 4840. The molecule has 236 valence electrons. The molecule has 0 bridgehead atoms. The van der Waals surface area contributed by atoms with E-state index in [-0.39, 0.29) is 0 Å². The summed E-state index contributed by atoms with van der Waals surface area (Å²) in [6.07, 6.45) is 0. The number of fused-ring (bicyclic) bond motifs is 9. The number of rotatable bonds is 3. The maximum atomic E-state index is 10.3. The van der Waals surface area contributed by atoms with Gasteiger partial charge in [-0.25, -0.2) is 0 Å². The van der Waals surface area contributed by atoms with Crippen molar-refractivity contribution in [2.45, 2.75) is 0 Å². The van der Waals surface area contributed by atoms with Crippen molar-refractivity contribution in [3.63, 3.8) is 0 Å². The SMILES string of the molecule is [2H]c1c([2H])c(-c2c(-c3c4c([2H])c([2H])c([2H])c([2H])c4c(-c4c([2H])c([2H])c([2H])c5c([2H])c([2H])c([2H])c([2H])c45)c4c([2H])c([2H])c([2H])c([2H])c34)c([2H])c3c([2H])c([2H])c([2H])c([2H])c3c2[2H])c2c(oc3c([2H])c([2H])c4c([2H])c([2H])c([2H])c([2H])c4c32)c1[2H]. The molecule has 11 rings (SSSR count). The van der Waals surface area contributed by atoms with E-state index >= 15 is 0 Å². The zero-order valence-electron chi connectivity index (χ0n) is 55.4. The average molecular weight is 677 g/mol. The van der Waals surface area contributed by atoms with Crippen LogP contribution < -0.4 is 0 Å². The molecule has 0 saturated carbocycles. The third-order valence-electron chi connectivity index (χ3n) is 8.64. The Morgan fingerprint density at radius 2 is 0.745 bits per heavy atom. The first kappa shape index (κ1) is 11.7. The van der Waals surface area contributed by atoms with Crippen LogP contribution in [0.1, 0.15) is 41.1 Å². The molecule has 0 amide bonds. The van der Waals surface area contributed by atoms with Crippen molar-refractivity contribution in [2.24, 2.45) is 0 Å². The minimum atomic E-state index is -1.11. The first-order valence-electron chi connectivity index (χ1n) is 30.2. The third-order valence-corrected chi connectivity index (χ3v) is 8.64. The molecule has 0 aliphatic rings. The summed E-state index contributed by atoms with van der Waals surface area (Å²) in [6, 6.07) is -29.6. The maximum absolute atomic E-state index is 10.3. The lowest BCUT2D eigenvalue weighted by atomic mass is 9.82. The predicted octanol–water partition coefficient (Wildman–Crippen LogP) is 14.4. The fraction of sp³-hybridized carbons (Fsp3) is 0. The van der Waals surface area contributed by atoms with Gasteiger partial charge in [-0.1, -0.05) is 157 Å². The van der Waals surface area contributed by atoms with Gasteiger partial charge in [-0.3, -0.25) is 0 Å². The molecule has 0 aliphatic carbocycles. The number of benzene rings is 10. The second-order valence-electron chi connectivity index (χ2n) is 11.3. The van der Waals surface area contributed by atoms with Crippen LogP contribution in [0.15, 0.2) is 186 Å². The van der Waals surface area contributed by atoms with Gasteiger partial charge < -0.3 is 4.42 Å². The summed E-state index contributed by atoms with van der Waals surface area (Å²) in [6.45, 7) is 0. The molecule has 1 nitrogen and oxygen atoms in total. The van der Waals surface area contributed by atoms with Crippen LogP contribution in [-0.2, 0) is 0 Å². The van der Waals surface area contributed by atoms with Gasteiger partial charge in [0.05, 0.1) is 41.1 Å². The van der Waals surface area contributed by atoms with E-state index in [9.17, 15) is 16.4 Å². The topological polar surface area (TPSA) is 13.1 Å². The van der Waals surface area contributed by atoms with Crippen LogP contribution in [0.5, 0.6) is 0 Å². The molecule has 0 N–H and O–H groups in total. The monoisotopic (exact) mass is 676 g/mol. The van der Waals surface area contributed by atoms with Gasteiger partial charge in [0, 0.05) is 10.8 Å². The summed E-state index contributed by atoms with van der Waals surface area (Å²) in [5.41, 5.74) is -6.55. The zero-order valence-corrected chi connectivity index (χ0v) is 25.4. The van der Waals surface area contributed by atoms with E-state index in [0.717, 1.165) is 0 Å². The lowest BCUT2D eigenvalue weighted by Gasteiger charge is -2.21. The van der Waals surface area contributed by atoms with Crippen molar-refractivity contribution in [3.8, 4) is 33.4 Å². The molecule has 0 unspecified atom stereocenters. The Balaban J connectivity index is 1.56. The summed E-state index contributed by atoms with van der Waals surface area (Å²) in [7, 11) is 0. The van der Waals surface area contributed by atoms with Gasteiger partial charge >= 0.3 is 0 Å². The standard InChI is InChI=1S/C50H30O/c1-2-16-34-30-44(43(29-33(34)15-1)42-25-12-26-45-50(42)49-36-19-6-4-14-32(36)27-28-46(49)51-45)48-40-22-9-7-20-38(40)47(39-21-8-10-23-41(39)48)37-24-11-17-31-13-3-5-18-35(31)37/h1-30H/i1D,2D,3D,4D,5D,6D,7D,8D,9D,10D,11D,12D,13D,14D,15D,16D,17D,18D,19D,20D,21D,22D,23D,24D,25D,26D,27D,28D,29D,30D. The van der Waals surface area contributed by atoms with Crippen molar-refractivity contribution in [2.75, 3.05) is 0 Å². The highest BCUT2D eigenvalue weighted by Gasteiger charge is 2.23. The fourth-order valence-corrected chi connectivity index (χ4v) is 6.57. The quantitative estimate of drug-likeness (QED) is 0.170. The van der Waals surface area contributed by atoms with Crippen LogP contribution in [0.3, 0.4) is 0 Å². The largest absolute Gasteiger partial charge is 0.456 e. The molecule has 10 aromatic carbocycles. The van der Waals surface area contributed by atoms with E-state index in [4.69, 9.17) is 29.1 Å². The van der Waals surface area contributed by atoms with Gasteiger partial charge in [0.15, 0.2) is 0 Å². The van der Waals surface area contributed by atoms with Gasteiger partial charge in [-0.2, -0.15) is 0 Å². The van der Waals surface area contributed by atoms with Crippen LogP contribution in [0.2, 0.25) is 0 Å². The van der Waals surface area contributed by atoms with Crippen molar-refractivity contribution in [3.05, 3.63) is 181 Å². The van der Waals surface area contributed by atoms with E-state index in [1.165, 1.54) is 0 Å². The molecule has 1 heteroatoms. The number of hydrogen-bond donors (Lipinski definition) is 0. The first-order chi connectivity index (χ1) is 37.8. The Kier molecular flexibility index (Phi) is 2.50. The van der Waals surface area contributed by atoms with Crippen molar-refractivity contribution in [1.82, 2.24) is 0 Å². The smallest absolute Gasteiger partial charge is 0.136 e.